The summed E-state index contributed by atoms with van der Waals surface area (Å²) in [7, 11) is 2.07. The minimum absolute atomic E-state index is 0.128. The molecule has 0 atom stereocenters. The van der Waals surface area contributed by atoms with Gasteiger partial charge in [0, 0.05) is 23.2 Å². The summed E-state index contributed by atoms with van der Waals surface area (Å²) in [6.45, 7) is 1.31. The second kappa shape index (κ2) is 8.22. The number of hydrogen-bond acceptors (Lipinski definition) is 4. The Morgan fingerprint density at radius 1 is 0.703 bits per heavy atom. The Hall–Kier alpha value is -4.61. The van der Waals surface area contributed by atoms with E-state index < -0.39 is 0 Å². The molecule has 0 fully saturated rings. The summed E-state index contributed by atoms with van der Waals surface area (Å²) in [5, 5.41) is 4.94. The van der Waals surface area contributed by atoms with Crippen molar-refractivity contribution in [1.82, 2.24) is 14.9 Å². The van der Waals surface area contributed by atoms with Crippen LogP contribution in [0.15, 0.2) is 91.0 Å². The first-order valence-corrected chi connectivity index (χ1v) is 12.4. The second-order valence-electron chi connectivity index (χ2n) is 9.74. The van der Waals surface area contributed by atoms with Crippen molar-refractivity contribution < 1.29 is 9.59 Å². The third-order valence-electron chi connectivity index (χ3n) is 7.32. The Morgan fingerprint density at radius 2 is 1.32 bits per heavy atom. The van der Waals surface area contributed by atoms with E-state index in [0.717, 1.165) is 17.9 Å². The number of imidazole rings is 1. The molecule has 0 aliphatic heterocycles. The number of aromatic amines is 1. The molecule has 7 rings (SSSR count). The van der Waals surface area contributed by atoms with Gasteiger partial charge in [-0.1, -0.05) is 72.8 Å². The fourth-order valence-corrected chi connectivity index (χ4v) is 5.64. The van der Waals surface area contributed by atoms with Crippen molar-refractivity contribution in [2.45, 2.75) is 13.1 Å². The molecule has 5 nitrogen and oxygen atoms in total. The highest BCUT2D eigenvalue weighted by Gasteiger charge is 2.32. The molecule has 0 radical (unpaired) electrons. The zero-order valence-corrected chi connectivity index (χ0v) is 20.3. The molecule has 5 heteroatoms. The maximum absolute atomic E-state index is 13.4. The van der Waals surface area contributed by atoms with Gasteiger partial charge in [0.2, 0.25) is 0 Å². The fraction of sp³-hybridized carbons (Fsp3) is 0.0938. The number of rotatable bonds is 4. The molecular weight excluding hydrogens is 458 g/mol. The predicted octanol–water partition coefficient (Wildman–Crippen LogP) is 6.28. The van der Waals surface area contributed by atoms with Crippen molar-refractivity contribution in [3.05, 3.63) is 125 Å². The predicted molar refractivity (Wildman–Crippen MR) is 146 cm³/mol. The molecule has 0 saturated heterocycles. The topological polar surface area (TPSA) is 66.1 Å². The van der Waals surface area contributed by atoms with Gasteiger partial charge in [-0.3, -0.25) is 14.5 Å². The van der Waals surface area contributed by atoms with Crippen LogP contribution < -0.4 is 0 Å². The van der Waals surface area contributed by atoms with Crippen LogP contribution in [0.2, 0.25) is 0 Å². The van der Waals surface area contributed by atoms with Gasteiger partial charge in [0.25, 0.3) is 0 Å². The van der Waals surface area contributed by atoms with Crippen LogP contribution in [0.4, 0.5) is 0 Å². The summed E-state index contributed by atoms with van der Waals surface area (Å²) in [5.41, 5.74) is 4.31. The molecule has 37 heavy (non-hydrogen) atoms. The maximum atomic E-state index is 13.4. The van der Waals surface area contributed by atoms with E-state index in [4.69, 9.17) is 4.98 Å². The molecule has 1 N–H and O–H groups in total. The van der Waals surface area contributed by atoms with Gasteiger partial charge in [0.15, 0.2) is 11.6 Å². The lowest BCUT2D eigenvalue weighted by atomic mass is 9.83. The summed E-state index contributed by atoms with van der Waals surface area (Å²) in [6, 6.07) is 29.8. The maximum Gasteiger partial charge on any atom is 0.196 e. The Morgan fingerprint density at radius 3 is 2.03 bits per heavy atom. The van der Waals surface area contributed by atoms with Gasteiger partial charge in [-0.25, -0.2) is 4.98 Å². The summed E-state index contributed by atoms with van der Waals surface area (Å²) < 4.78 is 0. The lowest BCUT2D eigenvalue weighted by Crippen LogP contribution is -2.21. The van der Waals surface area contributed by atoms with Crippen molar-refractivity contribution in [2.24, 2.45) is 0 Å². The number of ketones is 2. The monoisotopic (exact) mass is 481 g/mol. The third kappa shape index (κ3) is 3.39. The normalized spacial score (nSPS) is 13.0. The van der Waals surface area contributed by atoms with Crippen LogP contribution >= 0.6 is 0 Å². The summed E-state index contributed by atoms with van der Waals surface area (Å²) in [6.07, 6.45) is 0. The van der Waals surface area contributed by atoms with Gasteiger partial charge in [-0.05, 0) is 52.4 Å². The molecule has 0 unspecified atom stereocenters. The van der Waals surface area contributed by atoms with Gasteiger partial charge in [0.05, 0.1) is 17.6 Å². The SMILES string of the molecule is CN(Cc1nc2c3c(ccc2[nH]1)C(=O)c1ccccc1C3=O)Cc1c2ccccc2cc2ccccc12. The van der Waals surface area contributed by atoms with Gasteiger partial charge in [0.1, 0.15) is 11.3 Å². The van der Waals surface area contributed by atoms with Crippen molar-refractivity contribution in [3.63, 3.8) is 0 Å². The number of H-pyrrole nitrogens is 1. The molecule has 0 amide bonds. The zero-order chi connectivity index (χ0) is 25.1. The van der Waals surface area contributed by atoms with Crippen LogP contribution in [0.1, 0.15) is 43.2 Å². The van der Waals surface area contributed by atoms with E-state index in [2.05, 4.69) is 71.5 Å². The highest BCUT2D eigenvalue weighted by molar-refractivity contribution is 6.31. The van der Waals surface area contributed by atoms with E-state index in [-0.39, 0.29) is 11.6 Å². The smallest absolute Gasteiger partial charge is 0.196 e. The lowest BCUT2D eigenvalue weighted by molar-refractivity contribution is 0.0980. The standard InChI is InChI=1S/C32H23N3O2/c1-35(17-26-21-10-4-2-8-19(21)16-20-9-3-5-11-22(20)26)18-28-33-27-15-14-25-29(30(27)34-28)32(37)24-13-7-6-12-23(24)31(25)36/h2-16H,17-18H2,1H3,(H,33,34). The molecule has 1 aliphatic rings. The minimum Gasteiger partial charge on any atom is -0.341 e. The van der Waals surface area contributed by atoms with E-state index in [1.54, 1.807) is 30.3 Å². The van der Waals surface area contributed by atoms with Gasteiger partial charge in [-0.15, -0.1) is 0 Å². The number of carbonyl (C=O) groups is 2. The number of hydrogen-bond donors (Lipinski definition) is 1. The van der Waals surface area contributed by atoms with Crippen molar-refractivity contribution in [2.75, 3.05) is 7.05 Å². The Balaban J connectivity index is 1.25. The number of nitrogens with zero attached hydrogens (tertiary/aromatic N) is 2. The minimum atomic E-state index is -0.149. The molecule has 178 valence electrons. The van der Waals surface area contributed by atoms with Crippen LogP contribution in [0, 0.1) is 0 Å². The first kappa shape index (κ1) is 21.7. The summed E-state index contributed by atoms with van der Waals surface area (Å²) >= 11 is 0. The molecule has 6 aromatic rings. The lowest BCUT2D eigenvalue weighted by Gasteiger charge is -2.19. The summed E-state index contributed by atoms with van der Waals surface area (Å²) in [4.78, 5) is 36.9. The quantitative estimate of drug-likeness (QED) is 0.301. The number of aromatic nitrogens is 2. The average Bonchev–Trinajstić information content (AvgIpc) is 3.33. The fourth-order valence-electron chi connectivity index (χ4n) is 5.64. The van der Waals surface area contributed by atoms with Gasteiger partial charge in [-0.2, -0.15) is 0 Å². The van der Waals surface area contributed by atoms with Crippen LogP contribution in [0.3, 0.4) is 0 Å². The third-order valence-corrected chi connectivity index (χ3v) is 7.32. The van der Waals surface area contributed by atoms with Crippen molar-refractivity contribution in [1.29, 1.82) is 0 Å². The molecular formula is C32H23N3O2. The number of fused-ring (bicyclic) bond motifs is 6. The van der Waals surface area contributed by atoms with E-state index in [0.29, 0.717) is 34.3 Å². The molecule has 0 saturated carbocycles. The zero-order valence-electron chi connectivity index (χ0n) is 20.3. The molecule has 1 aliphatic carbocycles. The largest absolute Gasteiger partial charge is 0.341 e. The van der Waals surface area contributed by atoms with E-state index in [9.17, 15) is 9.59 Å². The second-order valence-corrected chi connectivity index (χ2v) is 9.74. The van der Waals surface area contributed by atoms with Crippen LogP contribution in [0.5, 0.6) is 0 Å². The molecule has 1 heterocycles. The highest BCUT2D eigenvalue weighted by atomic mass is 16.1. The van der Waals surface area contributed by atoms with Gasteiger partial charge >= 0.3 is 0 Å². The highest BCUT2D eigenvalue weighted by Crippen LogP contribution is 2.32. The van der Waals surface area contributed by atoms with E-state index >= 15 is 0 Å². The van der Waals surface area contributed by atoms with Crippen LogP contribution in [-0.2, 0) is 13.1 Å². The number of nitrogens with one attached hydrogen (secondary N) is 1. The van der Waals surface area contributed by atoms with Crippen molar-refractivity contribution >= 4 is 44.1 Å². The Kier molecular flexibility index (Phi) is 4.81. The van der Waals surface area contributed by atoms with Crippen molar-refractivity contribution in [3.8, 4) is 0 Å². The van der Waals surface area contributed by atoms with E-state index in [1.165, 1.54) is 27.1 Å². The molecule has 1 aromatic heterocycles. The van der Waals surface area contributed by atoms with Crippen LogP contribution in [0.25, 0.3) is 32.6 Å². The van der Waals surface area contributed by atoms with Crippen LogP contribution in [-0.4, -0.2) is 33.5 Å². The average molecular weight is 482 g/mol. The molecule has 0 bridgehead atoms. The Bertz CT molecular complexity index is 1850. The molecule has 5 aromatic carbocycles. The molecule has 0 spiro atoms. The first-order valence-electron chi connectivity index (χ1n) is 12.4. The number of benzene rings is 5. The summed E-state index contributed by atoms with van der Waals surface area (Å²) in [5.74, 6) is 0.482. The van der Waals surface area contributed by atoms with Gasteiger partial charge < -0.3 is 4.98 Å². The first-order chi connectivity index (χ1) is 18.1. The Labute approximate surface area is 213 Å². The number of carbonyl (C=O) groups excluding carboxylic acids is 2. The van der Waals surface area contributed by atoms with E-state index in [1.807, 2.05) is 6.07 Å².